The first-order valence-corrected chi connectivity index (χ1v) is 9.61. The highest BCUT2D eigenvalue weighted by molar-refractivity contribution is 7.18. The number of nitrogens with zero attached hydrogens (tertiary/aromatic N) is 2. The smallest absolute Gasteiger partial charge is 0.264 e. The highest BCUT2D eigenvalue weighted by atomic mass is 35.5. The van der Waals surface area contributed by atoms with Crippen LogP contribution in [0.25, 0.3) is 0 Å². The average molecular weight is 388 g/mol. The zero-order chi connectivity index (χ0) is 18.7. The molecule has 1 aliphatic rings. The molecule has 3 rings (SSSR count). The number of halogens is 1. The number of carbonyl (C=O) groups excluding carboxylic acids is 2. The van der Waals surface area contributed by atoms with E-state index >= 15 is 0 Å². The number of benzene rings is 1. The third kappa shape index (κ3) is 3.59. The van der Waals surface area contributed by atoms with E-state index in [-0.39, 0.29) is 5.91 Å². The van der Waals surface area contributed by atoms with Crippen LogP contribution in [0.4, 0.5) is 5.00 Å². The Balaban J connectivity index is 1.88. The van der Waals surface area contributed by atoms with Gasteiger partial charge in [0.1, 0.15) is 11.1 Å². The molecule has 2 aromatic rings. The van der Waals surface area contributed by atoms with E-state index in [1.54, 1.807) is 31.2 Å². The molecule has 0 atom stereocenters. The van der Waals surface area contributed by atoms with Crippen molar-refractivity contribution < 1.29 is 9.59 Å². The van der Waals surface area contributed by atoms with Crippen molar-refractivity contribution in [1.29, 1.82) is 5.26 Å². The standard InChI is InChI=1S/C19H18ClN3O2S/c1-12-14(11-21)18(22-17(24)13-7-3-4-8-15(13)20)26-16(12)19(25)23-9-5-2-6-10-23/h3-4,7-8H,2,5-6,9-10H2,1H3,(H,22,24). The van der Waals surface area contributed by atoms with Crippen LogP contribution in [0.5, 0.6) is 0 Å². The van der Waals surface area contributed by atoms with Crippen LogP contribution in [0.1, 0.15) is 50.4 Å². The molecule has 1 N–H and O–H groups in total. The lowest BCUT2D eigenvalue weighted by atomic mass is 10.1. The van der Waals surface area contributed by atoms with Crippen molar-refractivity contribution in [2.45, 2.75) is 26.2 Å². The lowest BCUT2D eigenvalue weighted by molar-refractivity contribution is 0.0728. The largest absolute Gasteiger partial charge is 0.338 e. The summed E-state index contributed by atoms with van der Waals surface area (Å²) < 4.78 is 0. The van der Waals surface area contributed by atoms with Gasteiger partial charge in [0.15, 0.2) is 0 Å². The molecule has 1 saturated heterocycles. The van der Waals surface area contributed by atoms with Gasteiger partial charge in [-0.05, 0) is 43.9 Å². The first kappa shape index (κ1) is 18.4. The molecular weight excluding hydrogens is 370 g/mol. The van der Waals surface area contributed by atoms with Crippen molar-refractivity contribution in [2.24, 2.45) is 0 Å². The summed E-state index contributed by atoms with van der Waals surface area (Å²) in [4.78, 5) is 27.6. The van der Waals surface area contributed by atoms with Gasteiger partial charge in [-0.25, -0.2) is 0 Å². The maximum absolute atomic E-state index is 12.8. The molecule has 1 aliphatic heterocycles. The number of nitrogens with one attached hydrogen (secondary N) is 1. The number of likely N-dealkylation sites (tertiary alicyclic amines) is 1. The van der Waals surface area contributed by atoms with Gasteiger partial charge in [0, 0.05) is 13.1 Å². The van der Waals surface area contributed by atoms with E-state index in [9.17, 15) is 14.9 Å². The Morgan fingerprint density at radius 3 is 2.58 bits per heavy atom. The molecule has 0 bridgehead atoms. The number of hydrogen-bond donors (Lipinski definition) is 1. The molecule has 0 saturated carbocycles. The van der Waals surface area contributed by atoms with Gasteiger partial charge in [0.25, 0.3) is 11.8 Å². The number of thiophene rings is 1. The summed E-state index contributed by atoms with van der Waals surface area (Å²) in [6.45, 7) is 3.22. The summed E-state index contributed by atoms with van der Waals surface area (Å²) >= 11 is 7.22. The molecule has 1 fully saturated rings. The van der Waals surface area contributed by atoms with Crippen molar-refractivity contribution in [3.63, 3.8) is 0 Å². The fourth-order valence-corrected chi connectivity index (χ4v) is 4.34. The first-order chi connectivity index (χ1) is 12.5. The van der Waals surface area contributed by atoms with Crippen molar-refractivity contribution in [3.05, 3.63) is 50.9 Å². The van der Waals surface area contributed by atoms with Gasteiger partial charge < -0.3 is 10.2 Å². The monoisotopic (exact) mass is 387 g/mol. The van der Waals surface area contributed by atoms with Crippen LogP contribution in [0.2, 0.25) is 5.02 Å². The van der Waals surface area contributed by atoms with E-state index in [0.29, 0.717) is 31.6 Å². The van der Waals surface area contributed by atoms with E-state index in [2.05, 4.69) is 11.4 Å². The van der Waals surface area contributed by atoms with Gasteiger partial charge in [-0.2, -0.15) is 5.26 Å². The molecule has 0 aliphatic carbocycles. The Kier molecular flexibility index (Phi) is 5.60. The molecule has 1 aromatic heterocycles. The van der Waals surface area contributed by atoms with E-state index in [1.807, 2.05) is 4.90 Å². The Morgan fingerprint density at radius 2 is 1.92 bits per heavy atom. The highest BCUT2D eigenvalue weighted by Crippen LogP contribution is 2.34. The average Bonchev–Trinajstić information content (AvgIpc) is 2.97. The summed E-state index contributed by atoms with van der Waals surface area (Å²) in [5.41, 5.74) is 1.27. The van der Waals surface area contributed by atoms with E-state index in [1.165, 1.54) is 0 Å². The molecule has 0 spiro atoms. The molecule has 0 radical (unpaired) electrons. The Labute approximate surface area is 161 Å². The summed E-state index contributed by atoms with van der Waals surface area (Å²) in [6, 6.07) is 8.81. The van der Waals surface area contributed by atoms with Crippen LogP contribution in [0, 0.1) is 18.3 Å². The summed E-state index contributed by atoms with van der Waals surface area (Å²) in [7, 11) is 0. The van der Waals surface area contributed by atoms with Gasteiger partial charge in [0.2, 0.25) is 0 Å². The SMILES string of the molecule is Cc1c(C(=O)N2CCCCC2)sc(NC(=O)c2ccccc2Cl)c1C#N. The van der Waals surface area contributed by atoms with Crippen LogP contribution < -0.4 is 5.32 Å². The van der Waals surface area contributed by atoms with E-state index < -0.39 is 5.91 Å². The minimum atomic E-state index is -0.398. The van der Waals surface area contributed by atoms with Gasteiger partial charge in [0.05, 0.1) is 21.0 Å². The fraction of sp³-hybridized carbons (Fsp3) is 0.316. The van der Waals surface area contributed by atoms with Crippen LogP contribution in [-0.4, -0.2) is 29.8 Å². The summed E-state index contributed by atoms with van der Waals surface area (Å²) in [6.07, 6.45) is 3.13. The molecule has 26 heavy (non-hydrogen) atoms. The van der Waals surface area contributed by atoms with E-state index in [0.717, 1.165) is 43.7 Å². The number of carbonyl (C=O) groups is 2. The second-order valence-corrected chi connectivity index (χ2v) is 7.59. The van der Waals surface area contributed by atoms with Gasteiger partial charge >= 0.3 is 0 Å². The highest BCUT2D eigenvalue weighted by Gasteiger charge is 2.26. The van der Waals surface area contributed by atoms with E-state index in [4.69, 9.17) is 11.6 Å². The molecule has 2 heterocycles. The van der Waals surface area contributed by atoms with Crippen LogP contribution in [0.3, 0.4) is 0 Å². The second-order valence-electron chi connectivity index (χ2n) is 6.16. The lowest BCUT2D eigenvalue weighted by Crippen LogP contribution is -2.35. The van der Waals surface area contributed by atoms with Gasteiger partial charge in [-0.3, -0.25) is 9.59 Å². The molecule has 5 nitrogen and oxygen atoms in total. The van der Waals surface area contributed by atoms with Crippen molar-refractivity contribution in [3.8, 4) is 6.07 Å². The number of rotatable bonds is 3. The number of anilines is 1. The lowest BCUT2D eigenvalue weighted by Gasteiger charge is -2.26. The topological polar surface area (TPSA) is 73.2 Å². The quantitative estimate of drug-likeness (QED) is 0.844. The number of hydrogen-bond acceptors (Lipinski definition) is 4. The van der Waals surface area contributed by atoms with Crippen molar-refractivity contribution in [1.82, 2.24) is 4.90 Å². The van der Waals surface area contributed by atoms with Crippen molar-refractivity contribution >= 4 is 39.8 Å². The molecule has 2 amide bonds. The molecule has 7 heteroatoms. The normalized spacial score (nSPS) is 14.0. The predicted molar refractivity (Wildman–Crippen MR) is 103 cm³/mol. The zero-order valence-electron chi connectivity index (χ0n) is 14.3. The molecule has 0 unspecified atom stereocenters. The number of piperidine rings is 1. The van der Waals surface area contributed by atoms with Gasteiger partial charge in [-0.1, -0.05) is 23.7 Å². The minimum Gasteiger partial charge on any atom is -0.338 e. The molecular formula is C19H18ClN3O2S. The predicted octanol–water partition coefficient (Wildman–Crippen LogP) is 4.46. The van der Waals surface area contributed by atoms with Crippen LogP contribution in [-0.2, 0) is 0 Å². The third-order valence-corrected chi connectivity index (χ3v) is 5.97. The second kappa shape index (κ2) is 7.90. The summed E-state index contributed by atoms with van der Waals surface area (Å²) in [5.74, 6) is -0.465. The fourth-order valence-electron chi connectivity index (χ4n) is 3.00. The molecule has 134 valence electrons. The Bertz CT molecular complexity index is 895. The minimum absolute atomic E-state index is 0.0676. The number of amides is 2. The number of nitriles is 1. The van der Waals surface area contributed by atoms with Crippen LogP contribution in [0.15, 0.2) is 24.3 Å². The Morgan fingerprint density at radius 1 is 1.23 bits per heavy atom. The van der Waals surface area contributed by atoms with Crippen LogP contribution >= 0.6 is 22.9 Å². The maximum Gasteiger partial charge on any atom is 0.264 e. The Hall–Kier alpha value is -2.36. The summed E-state index contributed by atoms with van der Waals surface area (Å²) in [5, 5.41) is 13.0. The zero-order valence-corrected chi connectivity index (χ0v) is 15.9. The first-order valence-electron chi connectivity index (χ1n) is 8.41. The maximum atomic E-state index is 12.8. The van der Waals surface area contributed by atoms with Crippen molar-refractivity contribution in [2.75, 3.05) is 18.4 Å². The third-order valence-electron chi connectivity index (χ3n) is 4.44. The van der Waals surface area contributed by atoms with Gasteiger partial charge in [-0.15, -0.1) is 11.3 Å². The molecule has 1 aromatic carbocycles.